The molecule has 0 aliphatic heterocycles. The average molecular weight is 471 g/mol. The van der Waals surface area contributed by atoms with E-state index in [-0.39, 0.29) is 11.5 Å². The van der Waals surface area contributed by atoms with Crippen molar-refractivity contribution in [2.24, 2.45) is 11.3 Å². The van der Waals surface area contributed by atoms with E-state index in [1.165, 1.54) is 88.4 Å². The molecule has 0 saturated heterocycles. The van der Waals surface area contributed by atoms with Crippen molar-refractivity contribution in [3.05, 3.63) is 12.7 Å². The van der Waals surface area contributed by atoms with Crippen molar-refractivity contribution >= 4 is 18.4 Å². The molecular weight excluding hydrogens is 423 g/mol. The van der Waals surface area contributed by atoms with Crippen LogP contribution >= 0.6 is 0 Å². The third-order valence-electron chi connectivity index (χ3n) is 7.18. The van der Waals surface area contributed by atoms with Gasteiger partial charge in [-0.3, -0.25) is 0 Å². The van der Waals surface area contributed by atoms with Gasteiger partial charge in [0.25, 0.3) is 0 Å². The molecule has 1 N–H and O–H groups in total. The van der Waals surface area contributed by atoms with E-state index in [1.54, 1.807) is 0 Å². The Balaban J connectivity index is 3.00. The van der Waals surface area contributed by atoms with Crippen molar-refractivity contribution < 1.29 is 5.11 Å². The molecule has 0 amide bonds. The fourth-order valence-electron chi connectivity index (χ4n) is 5.39. The van der Waals surface area contributed by atoms with Crippen molar-refractivity contribution in [2.45, 2.75) is 122 Å². The van der Waals surface area contributed by atoms with E-state index >= 15 is 0 Å². The summed E-state index contributed by atoms with van der Waals surface area (Å²) in [5, 5.41) is 11.4. The molecule has 0 aromatic heterocycles. The van der Waals surface area contributed by atoms with Crippen molar-refractivity contribution in [1.29, 1.82) is 0 Å². The summed E-state index contributed by atoms with van der Waals surface area (Å²) in [6.07, 6.45) is 16.7. The molecule has 2 heteroatoms. The van der Waals surface area contributed by atoms with Crippen molar-refractivity contribution in [3.8, 4) is 0 Å². The van der Waals surface area contributed by atoms with Gasteiger partial charge in [-0.25, -0.2) is 0 Å². The molecule has 1 nitrogen and oxygen atoms in total. The Hall–Kier alpha value is 0.499. The maximum absolute atomic E-state index is 11.4. The van der Waals surface area contributed by atoms with Crippen LogP contribution in [0.1, 0.15) is 98.3 Å². The third kappa shape index (κ3) is 7.49. The van der Waals surface area contributed by atoms with E-state index in [0.717, 1.165) is 0 Å². The van der Waals surface area contributed by atoms with E-state index in [2.05, 4.69) is 40.3 Å². The third-order valence-corrected chi connectivity index (χ3v) is 23.6. The molecule has 0 unspecified atom stereocenters. The minimum atomic E-state index is -2.27. The number of aliphatic hydroxyl groups is 1. The van der Waals surface area contributed by atoms with Crippen LogP contribution < -0.4 is 0 Å². The molecule has 0 aromatic carbocycles. The van der Waals surface area contributed by atoms with Crippen LogP contribution in [-0.4, -0.2) is 29.6 Å². The van der Waals surface area contributed by atoms with Crippen LogP contribution in [0.15, 0.2) is 12.7 Å². The molecule has 0 radical (unpaired) electrons. The molecule has 1 saturated carbocycles. The van der Waals surface area contributed by atoms with E-state index in [9.17, 15) is 5.11 Å². The SMILES string of the molecule is C=C[C@@](C)([CH2][Sn]([CH2]CCC)([CH2]CCC)[CH2]CCC)[C@@H](O)C1CCCCC1. The predicted molar refractivity (Wildman–Crippen MR) is 121 cm³/mol. The molecule has 0 heterocycles. The summed E-state index contributed by atoms with van der Waals surface area (Å²) >= 11 is -2.27. The van der Waals surface area contributed by atoms with Gasteiger partial charge in [0.05, 0.1) is 0 Å². The average Bonchev–Trinajstić information content (AvgIpc) is 2.69. The second-order valence-electron chi connectivity index (χ2n) is 9.54. The molecule has 1 aliphatic rings. The second-order valence-corrected chi connectivity index (χ2v) is 23.4. The first-order valence-corrected chi connectivity index (χ1v) is 19.9. The fourth-order valence-corrected chi connectivity index (χ4v) is 24.1. The van der Waals surface area contributed by atoms with Crippen LogP contribution in [-0.2, 0) is 0 Å². The van der Waals surface area contributed by atoms with Crippen LogP contribution in [0.5, 0.6) is 0 Å². The molecule has 1 rings (SSSR count). The van der Waals surface area contributed by atoms with Gasteiger partial charge in [-0.05, 0) is 0 Å². The topological polar surface area (TPSA) is 20.2 Å². The standard InChI is InChI=1S/C12H21O.3C4H9.Sn/c1-4-12(2,3)11(13)10-8-6-5-7-9-10;3*1-3-4-2;/h4,10-11,13H,1-2,5-9H2,3H3;3*1,3-4H2,2H3;/t11-,12-;;;;/m0..../s1. The van der Waals surface area contributed by atoms with Gasteiger partial charge in [0, 0.05) is 0 Å². The van der Waals surface area contributed by atoms with E-state index < -0.39 is 18.4 Å². The Morgan fingerprint density at radius 3 is 1.81 bits per heavy atom. The fraction of sp³-hybridized carbons (Fsp3) is 0.917. The van der Waals surface area contributed by atoms with Gasteiger partial charge in [-0.2, -0.15) is 0 Å². The summed E-state index contributed by atoms with van der Waals surface area (Å²) in [5.74, 6) is 0.513. The Kier molecular flexibility index (Phi) is 12.1. The van der Waals surface area contributed by atoms with Crippen LogP contribution in [0.3, 0.4) is 0 Å². The van der Waals surface area contributed by atoms with Gasteiger partial charge < -0.3 is 0 Å². The van der Waals surface area contributed by atoms with Gasteiger partial charge in [-0.15, -0.1) is 0 Å². The van der Waals surface area contributed by atoms with Crippen molar-refractivity contribution in [3.63, 3.8) is 0 Å². The summed E-state index contributed by atoms with van der Waals surface area (Å²) in [4.78, 5) is 0. The molecular formula is C24H48OSn. The molecule has 1 fully saturated rings. The van der Waals surface area contributed by atoms with Crippen molar-refractivity contribution in [1.82, 2.24) is 0 Å². The van der Waals surface area contributed by atoms with Crippen LogP contribution in [0, 0.1) is 11.3 Å². The molecule has 0 bridgehead atoms. The first-order chi connectivity index (χ1) is 12.5. The van der Waals surface area contributed by atoms with Gasteiger partial charge >= 0.3 is 170 Å². The Labute approximate surface area is 169 Å². The van der Waals surface area contributed by atoms with Gasteiger partial charge in [0.15, 0.2) is 0 Å². The second kappa shape index (κ2) is 12.9. The molecule has 154 valence electrons. The molecule has 1 aliphatic carbocycles. The quantitative estimate of drug-likeness (QED) is 0.201. The summed E-state index contributed by atoms with van der Waals surface area (Å²) in [5.41, 5.74) is -0.0483. The monoisotopic (exact) mass is 472 g/mol. The number of hydrogen-bond acceptors (Lipinski definition) is 1. The summed E-state index contributed by atoms with van der Waals surface area (Å²) in [6, 6.07) is 0. The molecule has 2 atom stereocenters. The normalized spacial score (nSPS) is 19.9. The van der Waals surface area contributed by atoms with E-state index in [0.29, 0.717) is 5.92 Å². The predicted octanol–water partition coefficient (Wildman–Crippen LogP) is 7.97. The summed E-state index contributed by atoms with van der Waals surface area (Å²) in [6.45, 7) is 13.6. The first-order valence-electron chi connectivity index (χ1n) is 11.8. The number of aliphatic hydroxyl groups excluding tert-OH is 1. The number of unbranched alkanes of at least 4 members (excludes halogenated alkanes) is 3. The number of rotatable bonds is 14. The van der Waals surface area contributed by atoms with E-state index in [4.69, 9.17) is 0 Å². The van der Waals surface area contributed by atoms with Gasteiger partial charge in [0.2, 0.25) is 0 Å². The molecule has 0 aromatic rings. The van der Waals surface area contributed by atoms with Crippen LogP contribution in [0.25, 0.3) is 0 Å². The zero-order valence-corrected chi connectivity index (χ0v) is 21.3. The Morgan fingerprint density at radius 2 is 1.42 bits per heavy atom. The Bertz CT molecular complexity index is 353. The molecule has 0 spiro atoms. The first kappa shape index (κ1) is 24.5. The van der Waals surface area contributed by atoms with Crippen LogP contribution in [0.2, 0.25) is 17.7 Å². The Morgan fingerprint density at radius 1 is 0.962 bits per heavy atom. The minimum absolute atomic E-state index is 0.0483. The van der Waals surface area contributed by atoms with Crippen LogP contribution in [0.4, 0.5) is 0 Å². The van der Waals surface area contributed by atoms with E-state index in [1.807, 2.05) is 0 Å². The maximum atomic E-state index is 11.4. The molecule has 26 heavy (non-hydrogen) atoms. The van der Waals surface area contributed by atoms with Gasteiger partial charge in [0.1, 0.15) is 0 Å². The summed E-state index contributed by atoms with van der Waals surface area (Å²) in [7, 11) is 0. The van der Waals surface area contributed by atoms with Crippen molar-refractivity contribution in [2.75, 3.05) is 0 Å². The number of hydrogen-bond donors (Lipinski definition) is 1. The summed E-state index contributed by atoms with van der Waals surface area (Å²) < 4.78 is 5.94. The van der Waals surface area contributed by atoms with Gasteiger partial charge in [-0.1, -0.05) is 0 Å². The zero-order chi connectivity index (χ0) is 19.5. The zero-order valence-electron chi connectivity index (χ0n) is 18.5.